The Bertz CT molecular complexity index is 561. The van der Waals surface area contributed by atoms with Crippen molar-refractivity contribution < 1.29 is 9.53 Å². The molecule has 7 heteroatoms. The van der Waals surface area contributed by atoms with Crippen LogP contribution in [0.1, 0.15) is 57.2 Å². The number of amides is 2. The second-order valence-corrected chi connectivity index (χ2v) is 7.49. The van der Waals surface area contributed by atoms with Crippen molar-refractivity contribution in [3.63, 3.8) is 0 Å². The Kier molecular flexibility index (Phi) is 6.29. The predicted octanol–water partition coefficient (Wildman–Crippen LogP) is 2.30. The molecule has 0 spiro atoms. The Labute approximate surface area is 150 Å². The average Bonchev–Trinajstić information content (AvgIpc) is 3.06. The van der Waals surface area contributed by atoms with E-state index in [0.717, 1.165) is 31.6 Å². The average molecular weight is 349 g/mol. The largest absolute Gasteiger partial charge is 0.376 e. The van der Waals surface area contributed by atoms with E-state index in [2.05, 4.69) is 22.4 Å². The number of piperidine rings is 1. The van der Waals surface area contributed by atoms with Gasteiger partial charge in [-0.3, -0.25) is 0 Å². The molecule has 1 saturated carbocycles. The number of hydrogen-bond acceptors (Lipinski definition) is 4. The number of nitrogens with zero attached hydrogens (tertiary/aromatic N) is 4. The van der Waals surface area contributed by atoms with Crippen molar-refractivity contribution >= 4 is 6.03 Å². The Hall–Kier alpha value is -1.63. The number of urea groups is 1. The number of aromatic nitrogens is 3. The Balaban J connectivity index is 1.40. The summed E-state index contributed by atoms with van der Waals surface area (Å²) in [4.78, 5) is 14.3. The maximum absolute atomic E-state index is 12.4. The van der Waals surface area contributed by atoms with Gasteiger partial charge in [0.2, 0.25) is 0 Å². The summed E-state index contributed by atoms with van der Waals surface area (Å²) in [6.07, 6.45) is 9.13. The second kappa shape index (κ2) is 8.65. The van der Waals surface area contributed by atoms with Crippen LogP contribution < -0.4 is 5.32 Å². The van der Waals surface area contributed by atoms with Crippen molar-refractivity contribution in [2.45, 2.75) is 57.5 Å². The van der Waals surface area contributed by atoms with E-state index in [9.17, 15) is 4.79 Å². The SMILES string of the molecule is C[C@@H]1CCCC[C@@H]1OCCNC(=O)N1CCC[C@H](c2nncn2C)C1. The van der Waals surface area contributed by atoms with E-state index in [4.69, 9.17) is 4.74 Å². The highest BCUT2D eigenvalue weighted by molar-refractivity contribution is 5.74. The molecule has 25 heavy (non-hydrogen) atoms. The Morgan fingerprint density at radius 3 is 2.92 bits per heavy atom. The molecule has 2 aliphatic rings. The number of hydrogen-bond donors (Lipinski definition) is 1. The molecule has 1 N–H and O–H groups in total. The van der Waals surface area contributed by atoms with Gasteiger partial charge in [0, 0.05) is 32.6 Å². The molecule has 140 valence electrons. The molecule has 0 bridgehead atoms. The molecule has 1 saturated heterocycles. The molecule has 1 aliphatic carbocycles. The topological polar surface area (TPSA) is 72.3 Å². The molecule has 2 amide bonds. The van der Waals surface area contributed by atoms with Gasteiger partial charge in [0.1, 0.15) is 12.2 Å². The van der Waals surface area contributed by atoms with Crippen LogP contribution in [0.5, 0.6) is 0 Å². The van der Waals surface area contributed by atoms with Crippen LogP contribution in [0, 0.1) is 5.92 Å². The summed E-state index contributed by atoms with van der Waals surface area (Å²) in [5.74, 6) is 1.87. The van der Waals surface area contributed by atoms with Gasteiger partial charge in [0.15, 0.2) is 0 Å². The number of carbonyl (C=O) groups is 1. The highest BCUT2D eigenvalue weighted by Gasteiger charge is 2.27. The van der Waals surface area contributed by atoms with Gasteiger partial charge in [0.05, 0.1) is 12.7 Å². The second-order valence-electron chi connectivity index (χ2n) is 7.49. The van der Waals surface area contributed by atoms with Crippen molar-refractivity contribution in [1.29, 1.82) is 0 Å². The third-order valence-corrected chi connectivity index (χ3v) is 5.56. The third-order valence-electron chi connectivity index (χ3n) is 5.56. The van der Waals surface area contributed by atoms with Gasteiger partial charge in [-0.05, 0) is 31.6 Å². The summed E-state index contributed by atoms with van der Waals surface area (Å²) in [5.41, 5.74) is 0. The summed E-state index contributed by atoms with van der Waals surface area (Å²) in [7, 11) is 1.96. The zero-order valence-electron chi connectivity index (χ0n) is 15.5. The number of aryl methyl sites for hydroxylation is 1. The van der Waals surface area contributed by atoms with Crippen LogP contribution in [0.2, 0.25) is 0 Å². The zero-order valence-corrected chi connectivity index (χ0v) is 15.5. The van der Waals surface area contributed by atoms with Gasteiger partial charge < -0.3 is 19.5 Å². The molecule has 3 atom stereocenters. The van der Waals surface area contributed by atoms with E-state index in [1.807, 2.05) is 16.5 Å². The van der Waals surface area contributed by atoms with Gasteiger partial charge in [-0.25, -0.2) is 4.79 Å². The fourth-order valence-electron chi connectivity index (χ4n) is 4.04. The van der Waals surface area contributed by atoms with Crippen LogP contribution in [0.25, 0.3) is 0 Å². The van der Waals surface area contributed by atoms with E-state index >= 15 is 0 Å². The van der Waals surface area contributed by atoms with Crippen molar-refractivity contribution in [2.75, 3.05) is 26.2 Å². The molecule has 7 nitrogen and oxygen atoms in total. The number of carbonyl (C=O) groups excluding carboxylic acids is 1. The number of ether oxygens (including phenoxy) is 1. The fraction of sp³-hybridized carbons (Fsp3) is 0.833. The van der Waals surface area contributed by atoms with Crippen molar-refractivity contribution in [1.82, 2.24) is 25.0 Å². The van der Waals surface area contributed by atoms with E-state index in [1.54, 1.807) is 6.33 Å². The smallest absolute Gasteiger partial charge is 0.317 e. The first-order valence-corrected chi connectivity index (χ1v) is 9.63. The van der Waals surface area contributed by atoms with Gasteiger partial charge >= 0.3 is 6.03 Å². The standard InChI is InChI=1S/C18H31N5O2/c1-14-6-3-4-8-16(14)25-11-9-19-18(24)23-10-5-7-15(12-23)17-21-20-13-22(17)2/h13-16H,3-12H2,1-2H3,(H,19,24)/t14-,15+,16+/m1/s1. The van der Waals surface area contributed by atoms with Crippen LogP contribution >= 0.6 is 0 Å². The van der Waals surface area contributed by atoms with Gasteiger partial charge in [-0.2, -0.15) is 0 Å². The lowest BCUT2D eigenvalue weighted by atomic mass is 9.88. The number of rotatable bonds is 5. The third kappa shape index (κ3) is 4.71. The maximum Gasteiger partial charge on any atom is 0.317 e. The summed E-state index contributed by atoms with van der Waals surface area (Å²) >= 11 is 0. The minimum atomic E-state index is 0.00663. The van der Waals surface area contributed by atoms with Crippen molar-refractivity contribution in [3.8, 4) is 0 Å². The summed E-state index contributed by atoms with van der Waals surface area (Å²) in [6.45, 7) is 4.96. The van der Waals surface area contributed by atoms with Crippen LogP contribution in [-0.2, 0) is 11.8 Å². The number of nitrogens with one attached hydrogen (secondary N) is 1. The van der Waals surface area contributed by atoms with Gasteiger partial charge in [-0.1, -0.05) is 19.8 Å². The minimum Gasteiger partial charge on any atom is -0.376 e. The summed E-state index contributed by atoms with van der Waals surface area (Å²) < 4.78 is 7.92. The van der Waals surface area contributed by atoms with E-state index < -0.39 is 0 Å². The molecule has 1 aromatic heterocycles. The highest BCUT2D eigenvalue weighted by Crippen LogP contribution is 2.26. The quantitative estimate of drug-likeness (QED) is 0.828. The first-order valence-electron chi connectivity index (χ1n) is 9.63. The molecule has 1 aliphatic heterocycles. The zero-order chi connectivity index (χ0) is 17.6. The van der Waals surface area contributed by atoms with Crippen LogP contribution in [0.15, 0.2) is 6.33 Å². The monoisotopic (exact) mass is 349 g/mol. The molecular weight excluding hydrogens is 318 g/mol. The summed E-state index contributed by atoms with van der Waals surface area (Å²) in [5, 5.41) is 11.2. The first kappa shape index (κ1) is 18.2. The molecular formula is C18H31N5O2. The normalized spacial score (nSPS) is 27.3. The molecule has 1 aromatic rings. The lowest BCUT2D eigenvalue weighted by molar-refractivity contribution is -0.00277. The molecule has 2 fully saturated rings. The van der Waals surface area contributed by atoms with Crippen molar-refractivity contribution in [2.24, 2.45) is 13.0 Å². The Morgan fingerprint density at radius 1 is 1.32 bits per heavy atom. The van der Waals surface area contributed by atoms with E-state index in [0.29, 0.717) is 31.7 Å². The lowest BCUT2D eigenvalue weighted by Crippen LogP contribution is -2.46. The van der Waals surface area contributed by atoms with E-state index in [-0.39, 0.29) is 11.9 Å². The number of likely N-dealkylation sites (tertiary alicyclic amines) is 1. The van der Waals surface area contributed by atoms with Crippen LogP contribution in [0.4, 0.5) is 4.79 Å². The van der Waals surface area contributed by atoms with Crippen molar-refractivity contribution in [3.05, 3.63) is 12.2 Å². The van der Waals surface area contributed by atoms with Crippen LogP contribution in [0.3, 0.4) is 0 Å². The van der Waals surface area contributed by atoms with Gasteiger partial charge in [-0.15, -0.1) is 10.2 Å². The van der Waals surface area contributed by atoms with Gasteiger partial charge in [0.25, 0.3) is 0 Å². The minimum absolute atomic E-state index is 0.00663. The molecule has 0 aromatic carbocycles. The van der Waals surface area contributed by atoms with E-state index in [1.165, 1.54) is 19.3 Å². The molecule has 3 rings (SSSR count). The molecule has 2 heterocycles. The highest BCUT2D eigenvalue weighted by atomic mass is 16.5. The lowest BCUT2D eigenvalue weighted by Gasteiger charge is -2.32. The molecule has 0 radical (unpaired) electrons. The first-order chi connectivity index (χ1) is 12.1. The predicted molar refractivity (Wildman–Crippen MR) is 95.3 cm³/mol. The molecule has 0 unspecified atom stereocenters. The Morgan fingerprint density at radius 2 is 2.16 bits per heavy atom. The fourth-order valence-corrected chi connectivity index (χ4v) is 4.04. The maximum atomic E-state index is 12.4. The summed E-state index contributed by atoms with van der Waals surface area (Å²) in [6, 6.07) is 0.00663. The van der Waals surface area contributed by atoms with Crippen LogP contribution in [-0.4, -0.2) is 58.0 Å².